The molecule has 2 atom stereocenters. The zero-order chi connectivity index (χ0) is 14.4. The van der Waals surface area contributed by atoms with Gasteiger partial charge in [-0.15, -0.1) is 0 Å². The Balaban J connectivity index is 1.85. The van der Waals surface area contributed by atoms with Crippen LogP contribution in [0.5, 0.6) is 0 Å². The molecule has 21 heavy (non-hydrogen) atoms. The van der Waals surface area contributed by atoms with Crippen molar-refractivity contribution in [1.29, 1.82) is 0 Å². The summed E-state index contributed by atoms with van der Waals surface area (Å²) in [4.78, 5) is 16.1. The summed E-state index contributed by atoms with van der Waals surface area (Å²) in [6, 6.07) is 10.1. The fourth-order valence-electron chi connectivity index (χ4n) is 3.00. The van der Waals surface area contributed by atoms with Crippen molar-refractivity contribution >= 4 is 21.8 Å². The first-order valence-electron chi connectivity index (χ1n) is 7.19. The van der Waals surface area contributed by atoms with Crippen LogP contribution in [0, 0.1) is 0 Å². The molecule has 5 nitrogen and oxygen atoms in total. The Kier molecular flexibility index (Phi) is 2.83. The third-order valence-corrected chi connectivity index (χ3v) is 4.27. The highest BCUT2D eigenvalue weighted by atomic mass is 16.5. The maximum Gasteiger partial charge on any atom is 0.260 e. The standard InChI is InChI=1S/C16H17N3O2/c1-10-14(21-9-17-10)8-19-7-6-13-15(16(19)20)11-4-2-3-5-12(11)18-13/h2-7,10,14,17-18H,8-9H2,1H3. The van der Waals surface area contributed by atoms with Crippen LogP contribution in [0.2, 0.25) is 0 Å². The van der Waals surface area contributed by atoms with E-state index in [-0.39, 0.29) is 17.7 Å². The van der Waals surface area contributed by atoms with Crippen molar-refractivity contribution < 1.29 is 4.74 Å². The molecule has 2 aromatic heterocycles. The van der Waals surface area contributed by atoms with Crippen LogP contribution in [0.3, 0.4) is 0 Å². The van der Waals surface area contributed by atoms with Gasteiger partial charge in [-0.1, -0.05) is 18.2 Å². The normalized spacial score (nSPS) is 22.3. The molecule has 108 valence electrons. The summed E-state index contributed by atoms with van der Waals surface area (Å²) in [5.41, 5.74) is 1.91. The predicted octanol–water partition coefficient (Wildman–Crippen LogP) is 1.82. The van der Waals surface area contributed by atoms with E-state index in [2.05, 4.69) is 17.2 Å². The first-order chi connectivity index (χ1) is 10.2. The van der Waals surface area contributed by atoms with Crippen molar-refractivity contribution in [3.05, 3.63) is 46.9 Å². The molecule has 1 aliphatic rings. The lowest BCUT2D eigenvalue weighted by molar-refractivity contribution is 0.0898. The van der Waals surface area contributed by atoms with Gasteiger partial charge in [-0.25, -0.2) is 0 Å². The molecule has 0 amide bonds. The molecule has 1 aromatic carbocycles. The third-order valence-electron chi connectivity index (χ3n) is 4.27. The van der Waals surface area contributed by atoms with Crippen LogP contribution >= 0.6 is 0 Å². The van der Waals surface area contributed by atoms with Gasteiger partial charge in [0.2, 0.25) is 0 Å². The monoisotopic (exact) mass is 283 g/mol. The summed E-state index contributed by atoms with van der Waals surface area (Å²) >= 11 is 0. The van der Waals surface area contributed by atoms with Crippen molar-refractivity contribution in [2.24, 2.45) is 0 Å². The van der Waals surface area contributed by atoms with Gasteiger partial charge in [0.15, 0.2) is 0 Å². The lowest BCUT2D eigenvalue weighted by Gasteiger charge is -2.15. The molecule has 4 rings (SSSR count). The van der Waals surface area contributed by atoms with Gasteiger partial charge in [0.25, 0.3) is 5.56 Å². The molecule has 0 aliphatic carbocycles. The minimum atomic E-state index is 0.0327. The van der Waals surface area contributed by atoms with Gasteiger partial charge in [0.1, 0.15) is 0 Å². The van der Waals surface area contributed by atoms with Crippen LogP contribution < -0.4 is 10.9 Å². The number of rotatable bonds is 2. The molecule has 0 bridgehead atoms. The lowest BCUT2D eigenvalue weighted by atomic mass is 10.1. The Hall–Kier alpha value is -2.11. The smallest absolute Gasteiger partial charge is 0.260 e. The average Bonchev–Trinajstić information content (AvgIpc) is 3.06. The summed E-state index contributed by atoms with van der Waals surface area (Å²) < 4.78 is 7.37. The number of nitrogens with zero attached hydrogens (tertiary/aromatic N) is 1. The van der Waals surface area contributed by atoms with Crippen LogP contribution in [0.1, 0.15) is 6.92 Å². The van der Waals surface area contributed by atoms with Crippen LogP contribution in [-0.4, -0.2) is 28.4 Å². The molecule has 1 fully saturated rings. The number of H-pyrrole nitrogens is 1. The number of hydrogen-bond acceptors (Lipinski definition) is 3. The van der Waals surface area contributed by atoms with E-state index in [1.54, 1.807) is 4.57 Å². The van der Waals surface area contributed by atoms with Crippen molar-refractivity contribution in [2.45, 2.75) is 25.6 Å². The molecular formula is C16H17N3O2. The zero-order valence-corrected chi connectivity index (χ0v) is 11.8. The number of ether oxygens (including phenoxy) is 1. The average molecular weight is 283 g/mol. The quantitative estimate of drug-likeness (QED) is 0.754. The number of aromatic amines is 1. The molecule has 0 radical (unpaired) electrons. The maximum absolute atomic E-state index is 12.8. The fourth-order valence-corrected chi connectivity index (χ4v) is 3.00. The molecule has 0 saturated carbocycles. The third kappa shape index (κ3) is 1.97. The Morgan fingerprint density at radius 1 is 1.29 bits per heavy atom. The zero-order valence-electron chi connectivity index (χ0n) is 11.8. The van der Waals surface area contributed by atoms with Crippen LogP contribution in [0.25, 0.3) is 21.8 Å². The summed E-state index contributed by atoms with van der Waals surface area (Å²) in [5, 5.41) is 4.96. The van der Waals surface area contributed by atoms with Crippen molar-refractivity contribution in [1.82, 2.24) is 14.9 Å². The highest BCUT2D eigenvalue weighted by Gasteiger charge is 2.24. The molecule has 3 heterocycles. The van der Waals surface area contributed by atoms with Crippen LogP contribution in [0.15, 0.2) is 41.3 Å². The molecule has 2 N–H and O–H groups in total. The van der Waals surface area contributed by atoms with E-state index in [1.165, 1.54) is 0 Å². The van der Waals surface area contributed by atoms with Gasteiger partial charge in [0.05, 0.1) is 30.3 Å². The number of nitrogens with one attached hydrogen (secondary N) is 2. The van der Waals surface area contributed by atoms with Gasteiger partial charge < -0.3 is 14.3 Å². The summed E-state index contributed by atoms with van der Waals surface area (Å²) in [5.74, 6) is 0. The van der Waals surface area contributed by atoms with Crippen LogP contribution in [-0.2, 0) is 11.3 Å². The maximum atomic E-state index is 12.8. The second kappa shape index (κ2) is 4.72. The molecule has 1 aliphatic heterocycles. The molecule has 3 aromatic rings. The fraction of sp³-hybridized carbons (Fsp3) is 0.312. The number of benzene rings is 1. The molecule has 5 heteroatoms. The number of pyridine rings is 1. The van der Waals surface area contributed by atoms with Gasteiger partial charge in [0, 0.05) is 23.1 Å². The first-order valence-corrected chi connectivity index (χ1v) is 7.19. The first kappa shape index (κ1) is 12.6. The van der Waals surface area contributed by atoms with Gasteiger partial charge in [-0.2, -0.15) is 0 Å². The van der Waals surface area contributed by atoms with E-state index in [0.29, 0.717) is 13.3 Å². The SMILES string of the molecule is CC1NCOC1Cn1ccc2[nH]c3ccccc3c2c1=O. The van der Waals surface area contributed by atoms with E-state index in [4.69, 9.17) is 4.74 Å². The van der Waals surface area contributed by atoms with Crippen molar-refractivity contribution in [3.63, 3.8) is 0 Å². The predicted molar refractivity (Wildman–Crippen MR) is 82.4 cm³/mol. The Labute approximate surface area is 121 Å². The second-order valence-corrected chi connectivity index (χ2v) is 5.57. The molecule has 2 unspecified atom stereocenters. The number of hydrogen-bond donors (Lipinski definition) is 2. The Morgan fingerprint density at radius 3 is 2.95 bits per heavy atom. The topological polar surface area (TPSA) is 59.0 Å². The lowest BCUT2D eigenvalue weighted by Crippen LogP contribution is -2.34. The Morgan fingerprint density at radius 2 is 2.14 bits per heavy atom. The van der Waals surface area contributed by atoms with Crippen molar-refractivity contribution in [2.75, 3.05) is 6.73 Å². The second-order valence-electron chi connectivity index (χ2n) is 5.57. The van der Waals surface area contributed by atoms with E-state index < -0.39 is 0 Å². The molecular weight excluding hydrogens is 266 g/mol. The molecule has 1 saturated heterocycles. The molecule has 0 spiro atoms. The summed E-state index contributed by atoms with van der Waals surface area (Å²) in [6.45, 7) is 3.20. The highest BCUT2D eigenvalue weighted by Crippen LogP contribution is 2.22. The largest absolute Gasteiger partial charge is 0.360 e. The highest BCUT2D eigenvalue weighted by molar-refractivity contribution is 6.06. The van der Waals surface area contributed by atoms with E-state index in [9.17, 15) is 4.79 Å². The van der Waals surface area contributed by atoms with Gasteiger partial charge in [-0.05, 0) is 19.1 Å². The van der Waals surface area contributed by atoms with Gasteiger partial charge in [-0.3, -0.25) is 10.1 Å². The van der Waals surface area contributed by atoms with E-state index in [1.807, 2.05) is 36.5 Å². The minimum absolute atomic E-state index is 0.0327. The van der Waals surface area contributed by atoms with Crippen LogP contribution in [0.4, 0.5) is 0 Å². The minimum Gasteiger partial charge on any atom is -0.360 e. The van der Waals surface area contributed by atoms with E-state index in [0.717, 1.165) is 21.8 Å². The summed E-state index contributed by atoms with van der Waals surface area (Å²) in [7, 11) is 0. The number of aromatic nitrogens is 2. The van der Waals surface area contributed by atoms with Crippen molar-refractivity contribution in [3.8, 4) is 0 Å². The number of fused-ring (bicyclic) bond motifs is 3. The number of para-hydroxylation sites is 1. The van der Waals surface area contributed by atoms with E-state index >= 15 is 0 Å². The Bertz CT molecular complexity index is 865. The summed E-state index contributed by atoms with van der Waals surface area (Å²) in [6.07, 6.45) is 1.87. The van der Waals surface area contributed by atoms with Gasteiger partial charge >= 0.3 is 0 Å².